The molecule has 1 aliphatic heterocycles. The average molecular weight is 359 g/mol. The quantitative estimate of drug-likeness (QED) is 0.813. The monoisotopic (exact) mass is 359 g/mol. The topological polar surface area (TPSA) is 78.5 Å². The predicted molar refractivity (Wildman–Crippen MR) is 101 cm³/mol. The SMILES string of the molecule is CCCNC(=O)C1CCN(C(=O)CNC(=O)c2ccc(C)c(C)c2)CC1. The summed E-state index contributed by atoms with van der Waals surface area (Å²) in [6, 6.07) is 5.50. The van der Waals surface area contributed by atoms with Crippen LogP contribution in [0.5, 0.6) is 0 Å². The number of rotatable bonds is 6. The van der Waals surface area contributed by atoms with E-state index in [2.05, 4.69) is 10.6 Å². The number of nitrogens with zero attached hydrogens (tertiary/aromatic N) is 1. The highest BCUT2D eigenvalue weighted by molar-refractivity contribution is 5.96. The second-order valence-electron chi connectivity index (χ2n) is 6.93. The first-order chi connectivity index (χ1) is 12.4. The van der Waals surface area contributed by atoms with Crippen LogP contribution >= 0.6 is 0 Å². The van der Waals surface area contributed by atoms with Gasteiger partial charge in [-0.05, 0) is 56.4 Å². The Morgan fingerprint density at radius 1 is 1.08 bits per heavy atom. The van der Waals surface area contributed by atoms with Gasteiger partial charge in [0.2, 0.25) is 11.8 Å². The van der Waals surface area contributed by atoms with Gasteiger partial charge in [-0.3, -0.25) is 14.4 Å². The predicted octanol–water partition coefficient (Wildman–Crippen LogP) is 1.80. The Morgan fingerprint density at radius 3 is 2.38 bits per heavy atom. The van der Waals surface area contributed by atoms with Crippen molar-refractivity contribution in [3.63, 3.8) is 0 Å². The van der Waals surface area contributed by atoms with Gasteiger partial charge in [0.25, 0.3) is 5.91 Å². The maximum atomic E-state index is 12.3. The number of piperidine rings is 1. The first-order valence-corrected chi connectivity index (χ1v) is 9.33. The molecule has 1 aromatic carbocycles. The molecule has 1 fully saturated rings. The number of likely N-dealkylation sites (tertiary alicyclic amines) is 1. The zero-order valence-corrected chi connectivity index (χ0v) is 15.9. The maximum Gasteiger partial charge on any atom is 0.251 e. The van der Waals surface area contributed by atoms with E-state index in [0.29, 0.717) is 38.0 Å². The van der Waals surface area contributed by atoms with Crippen LogP contribution in [0.4, 0.5) is 0 Å². The smallest absolute Gasteiger partial charge is 0.251 e. The number of aryl methyl sites for hydroxylation is 2. The molecule has 0 aromatic heterocycles. The highest BCUT2D eigenvalue weighted by Crippen LogP contribution is 2.17. The minimum Gasteiger partial charge on any atom is -0.356 e. The van der Waals surface area contributed by atoms with Crippen LogP contribution in [0, 0.1) is 19.8 Å². The summed E-state index contributed by atoms with van der Waals surface area (Å²) in [7, 11) is 0. The van der Waals surface area contributed by atoms with Gasteiger partial charge >= 0.3 is 0 Å². The van der Waals surface area contributed by atoms with Crippen LogP contribution in [0.2, 0.25) is 0 Å². The fourth-order valence-electron chi connectivity index (χ4n) is 3.04. The maximum absolute atomic E-state index is 12.3. The summed E-state index contributed by atoms with van der Waals surface area (Å²) < 4.78 is 0. The van der Waals surface area contributed by atoms with E-state index in [1.807, 2.05) is 32.9 Å². The highest BCUT2D eigenvalue weighted by atomic mass is 16.2. The van der Waals surface area contributed by atoms with Crippen molar-refractivity contribution in [1.82, 2.24) is 15.5 Å². The molecule has 26 heavy (non-hydrogen) atoms. The molecule has 1 heterocycles. The lowest BCUT2D eigenvalue weighted by molar-refractivity contribution is -0.134. The molecule has 1 saturated heterocycles. The minimum absolute atomic E-state index is 0.0154. The molecule has 1 aliphatic rings. The molecule has 0 spiro atoms. The molecule has 6 heteroatoms. The lowest BCUT2D eigenvalue weighted by Gasteiger charge is -2.31. The lowest BCUT2D eigenvalue weighted by Crippen LogP contribution is -2.46. The van der Waals surface area contributed by atoms with Gasteiger partial charge in [-0.2, -0.15) is 0 Å². The molecule has 0 bridgehead atoms. The van der Waals surface area contributed by atoms with Crippen LogP contribution in [0.3, 0.4) is 0 Å². The second kappa shape index (κ2) is 9.36. The molecule has 142 valence electrons. The van der Waals surface area contributed by atoms with E-state index >= 15 is 0 Å². The van der Waals surface area contributed by atoms with Crippen LogP contribution in [0.25, 0.3) is 0 Å². The number of benzene rings is 1. The molecule has 0 aliphatic carbocycles. The molecule has 0 atom stereocenters. The van der Waals surface area contributed by atoms with Crippen molar-refractivity contribution in [2.45, 2.75) is 40.0 Å². The van der Waals surface area contributed by atoms with Crippen molar-refractivity contribution in [3.8, 4) is 0 Å². The Balaban J connectivity index is 1.77. The van der Waals surface area contributed by atoms with Crippen molar-refractivity contribution < 1.29 is 14.4 Å². The lowest BCUT2D eigenvalue weighted by atomic mass is 9.96. The van der Waals surface area contributed by atoms with Gasteiger partial charge in [0.05, 0.1) is 6.54 Å². The Kier molecular flexibility index (Phi) is 7.18. The largest absolute Gasteiger partial charge is 0.356 e. The zero-order valence-electron chi connectivity index (χ0n) is 15.9. The van der Waals surface area contributed by atoms with Crippen LogP contribution in [-0.4, -0.2) is 48.8 Å². The molecule has 2 rings (SSSR count). The fourth-order valence-corrected chi connectivity index (χ4v) is 3.04. The summed E-state index contributed by atoms with van der Waals surface area (Å²) in [5.74, 6) is -0.275. The molecule has 3 amide bonds. The summed E-state index contributed by atoms with van der Waals surface area (Å²) in [5, 5.41) is 5.61. The van der Waals surface area contributed by atoms with Crippen molar-refractivity contribution >= 4 is 17.7 Å². The minimum atomic E-state index is -0.240. The standard InChI is InChI=1S/C20H29N3O3/c1-4-9-21-19(25)16-7-10-23(11-8-16)18(24)13-22-20(26)17-6-5-14(2)15(3)12-17/h5-6,12,16H,4,7-11,13H2,1-3H3,(H,21,25)(H,22,26). The summed E-state index contributed by atoms with van der Waals surface area (Å²) in [5.41, 5.74) is 2.74. The Bertz CT molecular complexity index is 664. The number of carbonyl (C=O) groups is 3. The highest BCUT2D eigenvalue weighted by Gasteiger charge is 2.27. The number of hydrogen-bond acceptors (Lipinski definition) is 3. The number of amides is 3. The summed E-state index contributed by atoms with van der Waals surface area (Å²) in [4.78, 5) is 38.2. The van der Waals surface area contributed by atoms with Gasteiger partial charge in [-0.1, -0.05) is 13.0 Å². The van der Waals surface area contributed by atoms with E-state index in [-0.39, 0.29) is 30.2 Å². The van der Waals surface area contributed by atoms with Crippen LogP contribution in [-0.2, 0) is 9.59 Å². The van der Waals surface area contributed by atoms with E-state index in [0.717, 1.165) is 17.5 Å². The van der Waals surface area contributed by atoms with E-state index < -0.39 is 0 Å². The van der Waals surface area contributed by atoms with Crippen molar-refractivity contribution in [1.29, 1.82) is 0 Å². The first kappa shape index (κ1) is 19.9. The number of nitrogens with one attached hydrogen (secondary N) is 2. The van der Waals surface area contributed by atoms with E-state index in [4.69, 9.17) is 0 Å². The van der Waals surface area contributed by atoms with Crippen LogP contribution < -0.4 is 10.6 Å². The van der Waals surface area contributed by atoms with Gasteiger partial charge in [0.15, 0.2) is 0 Å². The summed E-state index contributed by atoms with van der Waals surface area (Å²) in [6.45, 7) is 7.77. The molecular formula is C20H29N3O3. The Labute approximate surface area is 155 Å². The van der Waals surface area contributed by atoms with E-state index in [9.17, 15) is 14.4 Å². The molecule has 1 aromatic rings. The van der Waals surface area contributed by atoms with Gasteiger partial charge in [0, 0.05) is 31.1 Å². The van der Waals surface area contributed by atoms with Crippen LogP contribution in [0.1, 0.15) is 47.7 Å². The van der Waals surface area contributed by atoms with Crippen molar-refractivity contribution in [2.75, 3.05) is 26.2 Å². The van der Waals surface area contributed by atoms with Gasteiger partial charge in [-0.25, -0.2) is 0 Å². The van der Waals surface area contributed by atoms with Gasteiger partial charge in [0.1, 0.15) is 0 Å². The molecule has 6 nitrogen and oxygen atoms in total. The molecule has 0 unspecified atom stereocenters. The fraction of sp³-hybridized carbons (Fsp3) is 0.550. The third-order valence-electron chi connectivity index (χ3n) is 4.94. The average Bonchev–Trinajstić information content (AvgIpc) is 2.66. The number of carbonyl (C=O) groups excluding carboxylic acids is 3. The summed E-state index contributed by atoms with van der Waals surface area (Å²) >= 11 is 0. The van der Waals surface area contributed by atoms with Crippen molar-refractivity contribution in [2.24, 2.45) is 5.92 Å². The molecule has 2 N–H and O–H groups in total. The second-order valence-corrected chi connectivity index (χ2v) is 6.93. The van der Waals surface area contributed by atoms with Gasteiger partial charge in [-0.15, -0.1) is 0 Å². The van der Waals surface area contributed by atoms with Crippen LogP contribution in [0.15, 0.2) is 18.2 Å². The third-order valence-corrected chi connectivity index (χ3v) is 4.94. The zero-order chi connectivity index (χ0) is 19.1. The number of hydrogen-bond donors (Lipinski definition) is 2. The third kappa shape index (κ3) is 5.31. The normalized spacial score (nSPS) is 14.8. The molecule has 0 saturated carbocycles. The van der Waals surface area contributed by atoms with Gasteiger partial charge < -0.3 is 15.5 Å². The Hall–Kier alpha value is -2.37. The summed E-state index contributed by atoms with van der Waals surface area (Å²) in [6.07, 6.45) is 2.27. The molecule has 0 radical (unpaired) electrons. The van der Waals surface area contributed by atoms with E-state index in [1.54, 1.807) is 11.0 Å². The van der Waals surface area contributed by atoms with Crippen molar-refractivity contribution in [3.05, 3.63) is 34.9 Å². The van der Waals surface area contributed by atoms with E-state index in [1.165, 1.54) is 0 Å². The molecular weight excluding hydrogens is 330 g/mol. The Morgan fingerprint density at radius 2 is 1.77 bits per heavy atom. The first-order valence-electron chi connectivity index (χ1n) is 9.33.